The largest absolute Gasteiger partial charge is 0.454 e. The fourth-order valence-corrected chi connectivity index (χ4v) is 4.07. The van der Waals surface area contributed by atoms with E-state index in [2.05, 4.69) is 29.2 Å². The van der Waals surface area contributed by atoms with Gasteiger partial charge in [0.05, 0.1) is 11.9 Å². The summed E-state index contributed by atoms with van der Waals surface area (Å²) in [6, 6.07) is 5.58. The molecule has 1 aliphatic rings. The van der Waals surface area contributed by atoms with E-state index in [-0.39, 0.29) is 24.0 Å². The van der Waals surface area contributed by atoms with Crippen molar-refractivity contribution in [1.29, 1.82) is 0 Å². The number of nitrogens with one attached hydrogen (secondary N) is 1. The van der Waals surface area contributed by atoms with Crippen LogP contribution in [0.2, 0.25) is 0 Å². The van der Waals surface area contributed by atoms with Crippen molar-refractivity contribution in [3.8, 4) is 11.5 Å². The molecule has 3 aromatic rings. The maximum Gasteiger partial charge on any atom is 0.282 e. The summed E-state index contributed by atoms with van der Waals surface area (Å²) in [6.45, 7) is 5.35. The Labute approximate surface area is 183 Å². The van der Waals surface area contributed by atoms with E-state index in [0.29, 0.717) is 46.7 Å². The van der Waals surface area contributed by atoms with Crippen LogP contribution in [0.1, 0.15) is 25.8 Å². The smallest absolute Gasteiger partial charge is 0.282 e. The van der Waals surface area contributed by atoms with E-state index in [4.69, 9.17) is 9.47 Å². The van der Waals surface area contributed by atoms with Gasteiger partial charge in [-0.05, 0) is 30.0 Å². The number of hydrogen-bond donors (Lipinski definition) is 1. The van der Waals surface area contributed by atoms with E-state index in [0.717, 1.165) is 12.0 Å². The molecular formula is C21H25N5O4S. The number of thioether (sulfide) groups is 1. The Morgan fingerprint density at radius 1 is 1.29 bits per heavy atom. The van der Waals surface area contributed by atoms with Gasteiger partial charge in [0.2, 0.25) is 12.7 Å². The van der Waals surface area contributed by atoms with Crippen molar-refractivity contribution in [2.45, 2.75) is 38.5 Å². The molecule has 0 bridgehead atoms. The van der Waals surface area contributed by atoms with Gasteiger partial charge in [0, 0.05) is 20.1 Å². The Morgan fingerprint density at radius 2 is 2.10 bits per heavy atom. The fourth-order valence-electron chi connectivity index (χ4n) is 3.22. The van der Waals surface area contributed by atoms with Crippen molar-refractivity contribution in [2.75, 3.05) is 12.5 Å². The molecule has 0 saturated carbocycles. The normalized spacial score (nSPS) is 12.6. The van der Waals surface area contributed by atoms with E-state index in [1.54, 1.807) is 22.5 Å². The number of ether oxygens (including phenoxy) is 2. The van der Waals surface area contributed by atoms with E-state index in [1.807, 2.05) is 18.2 Å². The molecule has 0 fully saturated rings. The molecule has 1 aliphatic heterocycles. The first-order chi connectivity index (χ1) is 14.9. The second-order valence-electron chi connectivity index (χ2n) is 7.82. The second-order valence-corrected chi connectivity index (χ2v) is 8.77. The highest BCUT2D eigenvalue weighted by molar-refractivity contribution is 7.99. The van der Waals surface area contributed by atoms with Crippen LogP contribution in [-0.2, 0) is 24.9 Å². The fraction of sp³-hybridized carbons (Fsp3) is 0.429. The Balaban J connectivity index is 1.44. The lowest BCUT2D eigenvalue weighted by atomic mass is 10.1. The lowest BCUT2D eigenvalue weighted by Gasteiger charge is -2.13. The van der Waals surface area contributed by atoms with Gasteiger partial charge in [0.15, 0.2) is 22.2 Å². The van der Waals surface area contributed by atoms with Crippen LogP contribution >= 0.6 is 11.8 Å². The minimum Gasteiger partial charge on any atom is -0.454 e. The number of nitrogens with zero attached hydrogens (tertiary/aromatic N) is 4. The second kappa shape index (κ2) is 9.01. The zero-order chi connectivity index (χ0) is 22.0. The van der Waals surface area contributed by atoms with Crippen LogP contribution in [0.15, 0.2) is 34.3 Å². The molecule has 0 aliphatic carbocycles. The van der Waals surface area contributed by atoms with Gasteiger partial charge in [0.1, 0.15) is 5.52 Å². The summed E-state index contributed by atoms with van der Waals surface area (Å²) in [5, 5.41) is 7.67. The van der Waals surface area contributed by atoms with Gasteiger partial charge in [-0.1, -0.05) is 31.7 Å². The molecule has 0 spiro atoms. The van der Waals surface area contributed by atoms with Crippen molar-refractivity contribution < 1.29 is 14.3 Å². The van der Waals surface area contributed by atoms with Gasteiger partial charge in [-0.25, -0.2) is 4.98 Å². The number of aromatic nitrogens is 4. The molecule has 4 rings (SSSR count). The molecule has 1 amide bonds. The minimum atomic E-state index is -0.172. The topological polar surface area (TPSA) is 100 Å². The predicted octanol–water partition coefficient (Wildman–Crippen LogP) is 2.31. The van der Waals surface area contributed by atoms with Crippen molar-refractivity contribution in [3.05, 3.63) is 40.3 Å². The Hall–Kier alpha value is -3.01. The van der Waals surface area contributed by atoms with E-state index in [9.17, 15) is 9.59 Å². The van der Waals surface area contributed by atoms with Crippen molar-refractivity contribution in [2.24, 2.45) is 13.0 Å². The zero-order valence-electron chi connectivity index (χ0n) is 17.8. The standard InChI is InChI=1S/C21H25N5O4S/c1-13(2)6-7-26-20(28)19-15(10-25(3)24-19)23-21(26)31-11-18(27)22-9-14-4-5-16-17(8-14)30-12-29-16/h4-5,8,10,13H,6-7,9,11-12H2,1-3H3,(H,22,27). The molecule has 0 unspecified atom stereocenters. The summed E-state index contributed by atoms with van der Waals surface area (Å²) >= 11 is 1.26. The van der Waals surface area contributed by atoms with Crippen LogP contribution < -0.4 is 20.3 Å². The number of rotatable bonds is 8. The summed E-state index contributed by atoms with van der Waals surface area (Å²) in [7, 11) is 1.76. The molecule has 31 heavy (non-hydrogen) atoms. The molecule has 9 nitrogen and oxygen atoms in total. The van der Waals surface area contributed by atoms with Gasteiger partial charge in [-0.3, -0.25) is 18.8 Å². The maximum absolute atomic E-state index is 12.9. The number of carbonyl (C=O) groups excluding carboxylic acids is 1. The van der Waals surface area contributed by atoms with Crippen LogP contribution in [0.4, 0.5) is 0 Å². The third-order valence-electron chi connectivity index (χ3n) is 4.89. The van der Waals surface area contributed by atoms with Gasteiger partial charge >= 0.3 is 0 Å². The average molecular weight is 444 g/mol. The van der Waals surface area contributed by atoms with Crippen LogP contribution in [-0.4, -0.2) is 37.8 Å². The molecule has 0 atom stereocenters. The number of carbonyl (C=O) groups is 1. The number of hydrogen-bond acceptors (Lipinski definition) is 7. The zero-order valence-corrected chi connectivity index (χ0v) is 18.6. The highest BCUT2D eigenvalue weighted by Gasteiger charge is 2.17. The first-order valence-corrected chi connectivity index (χ1v) is 11.1. The van der Waals surface area contributed by atoms with Crippen molar-refractivity contribution in [3.63, 3.8) is 0 Å². The highest BCUT2D eigenvalue weighted by Crippen LogP contribution is 2.32. The number of amides is 1. The number of fused-ring (bicyclic) bond motifs is 2. The van der Waals surface area contributed by atoms with E-state index in [1.165, 1.54) is 11.8 Å². The summed E-state index contributed by atoms with van der Waals surface area (Å²) in [4.78, 5) is 30.0. The Bertz CT molecular complexity index is 1170. The first-order valence-electron chi connectivity index (χ1n) is 10.1. The molecule has 10 heteroatoms. The maximum atomic E-state index is 12.9. The summed E-state index contributed by atoms with van der Waals surface area (Å²) in [5.74, 6) is 1.85. The molecule has 0 radical (unpaired) electrons. The third kappa shape index (κ3) is 4.84. The molecule has 3 heterocycles. The molecular weight excluding hydrogens is 418 g/mol. The quantitative estimate of drug-likeness (QED) is 0.421. The lowest BCUT2D eigenvalue weighted by molar-refractivity contribution is -0.118. The number of aryl methyl sites for hydroxylation is 1. The molecule has 2 aromatic heterocycles. The predicted molar refractivity (Wildman–Crippen MR) is 117 cm³/mol. The van der Waals surface area contributed by atoms with Crippen LogP contribution in [0, 0.1) is 5.92 Å². The Morgan fingerprint density at radius 3 is 2.90 bits per heavy atom. The molecule has 0 saturated heterocycles. The third-order valence-corrected chi connectivity index (χ3v) is 5.87. The number of benzene rings is 1. The SMILES string of the molecule is CC(C)CCn1c(SCC(=O)NCc2ccc3c(c2)OCO3)nc2cn(C)nc2c1=O. The molecule has 1 aromatic carbocycles. The van der Waals surface area contributed by atoms with Crippen molar-refractivity contribution in [1.82, 2.24) is 24.6 Å². The minimum absolute atomic E-state index is 0.140. The molecule has 164 valence electrons. The van der Waals surface area contributed by atoms with Gasteiger partial charge in [0.25, 0.3) is 5.56 Å². The van der Waals surface area contributed by atoms with Crippen molar-refractivity contribution >= 4 is 28.7 Å². The van der Waals surface area contributed by atoms with Gasteiger partial charge < -0.3 is 14.8 Å². The van der Waals surface area contributed by atoms with Gasteiger partial charge in [-0.2, -0.15) is 5.10 Å². The van der Waals surface area contributed by atoms with Crippen LogP contribution in [0.3, 0.4) is 0 Å². The monoisotopic (exact) mass is 443 g/mol. The average Bonchev–Trinajstić information content (AvgIpc) is 3.35. The van der Waals surface area contributed by atoms with E-state index < -0.39 is 0 Å². The summed E-state index contributed by atoms with van der Waals surface area (Å²) in [5.41, 5.74) is 1.64. The van der Waals surface area contributed by atoms with E-state index >= 15 is 0 Å². The first kappa shape index (κ1) is 21.2. The lowest BCUT2D eigenvalue weighted by Crippen LogP contribution is -2.27. The summed E-state index contributed by atoms with van der Waals surface area (Å²) in [6.07, 6.45) is 2.55. The van der Waals surface area contributed by atoms with Crippen LogP contribution in [0.25, 0.3) is 11.0 Å². The highest BCUT2D eigenvalue weighted by atomic mass is 32.2. The summed E-state index contributed by atoms with van der Waals surface area (Å²) < 4.78 is 13.9. The van der Waals surface area contributed by atoms with Gasteiger partial charge in [-0.15, -0.1) is 0 Å². The van der Waals surface area contributed by atoms with Crippen LogP contribution in [0.5, 0.6) is 11.5 Å². The Kier molecular flexibility index (Phi) is 6.17. The molecule has 1 N–H and O–H groups in total.